The van der Waals surface area contributed by atoms with Crippen LogP contribution in [0.25, 0.3) is 0 Å². The standard InChI is InChI=1S/C15H9ClF2O2/c16-10-3-8-1-2-20-15(8)13(6-10)14(19)9-4-11(17)7-12(18)5-9/h3-7H,1-2H2. The molecule has 102 valence electrons. The molecule has 0 atom stereocenters. The van der Waals surface area contributed by atoms with Gasteiger partial charge < -0.3 is 4.74 Å². The van der Waals surface area contributed by atoms with Crippen molar-refractivity contribution in [3.05, 3.63) is 63.7 Å². The van der Waals surface area contributed by atoms with E-state index in [0.717, 1.165) is 23.8 Å². The second kappa shape index (κ2) is 4.87. The molecule has 0 N–H and O–H groups in total. The number of carbonyl (C=O) groups is 1. The fraction of sp³-hybridized carbons (Fsp3) is 0.133. The molecule has 0 aliphatic carbocycles. The predicted molar refractivity (Wildman–Crippen MR) is 70.4 cm³/mol. The average Bonchev–Trinajstić information content (AvgIpc) is 2.83. The Hall–Kier alpha value is -1.94. The topological polar surface area (TPSA) is 26.3 Å². The van der Waals surface area contributed by atoms with Crippen LogP contribution in [-0.2, 0) is 6.42 Å². The summed E-state index contributed by atoms with van der Waals surface area (Å²) in [4.78, 5) is 12.4. The van der Waals surface area contributed by atoms with Gasteiger partial charge in [0.25, 0.3) is 0 Å². The normalized spacial score (nSPS) is 12.9. The Morgan fingerprint density at radius 3 is 2.50 bits per heavy atom. The molecule has 0 radical (unpaired) electrons. The summed E-state index contributed by atoms with van der Waals surface area (Å²) in [6.45, 7) is 0.466. The molecular formula is C15H9ClF2O2. The molecule has 0 fully saturated rings. The van der Waals surface area contributed by atoms with Crippen LogP contribution in [0, 0.1) is 11.6 Å². The van der Waals surface area contributed by atoms with Crippen molar-refractivity contribution in [1.29, 1.82) is 0 Å². The maximum Gasteiger partial charge on any atom is 0.197 e. The van der Waals surface area contributed by atoms with Gasteiger partial charge in [0.1, 0.15) is 17.4 Å². The Morgan fingerprint density at radius 1 is 1.10 bits per heavy atom. The first kappa shape index (κ1) is 13.1. The highest BCUT2D eigenvalue weighted by Crippen LogP contribution is 2.34. The zero-order valence-electron chi connectivity index (χ0n) is 10.3. The molecule has 0 unspecified atom stereocenters. The lowest BCUT2D eigenvalue weighted by atomic mass is 9.99. The Morgan fingerprint density at radius 2 is 1.80 bits per heavy atom. The van der Waals surface area contributed by atoms with Gasteiger partial charge in [-0.2, -0.15) is 0 Å². The van der Waals surface area contributed by atoms with E-state index in [9.17, 15) is 13.6 Å². The zero-order valence-corrected chi connectivity index (χ0v) is 11.0. The van der Waals surface area contributed by atoms with E-state index in [1.807, 2.05) is 0 Å². The van der Waals surface area contributed by atoms with Crippen LogP contribution in [0.15, 0.2) is 30.3 Å². The fourth-order valence-corrected chi connectivity index (χ4v) is 2.52. The Bertz CT molecular complexity index is 693. The maximum absolute atomic E-state index is 13.2. The molecule has 1 aliphatic rings. The highest BCUT2D eigenvalue weighted by Gasteiger charge is 2.23. The van der Waals surface area contributed by atoms with Crippen LogP contribution < -0.4 is 4.74 Å². The zero-order chi connectivity index (χ0) is 14.3. The number of hydrogen-bond donors (Lipinski definition) is 0. The van der Waals surface area contributed by atoms with Crippen LogP contribution in [0.5, 0.6) is 5.75 Å². The molecule has 0 saturated heterocycles. The molecule has 1 heterocycles. The Labute approximate surface area is 118 Å². The summed E-state index contributed by atoms with van der Waals surface area (Å²) in [7, 11) is 0. The Kier molecular flexibility index (Phi) is 3.18. The number of hydrogen-bond acceptors (Lipinski definition) is 2. The molecule has 0 aromatic heterocycles. The number of rotatable bonds is 2. The lowest BCUT2D eigenvalue weighted by molar-refractivity contribution is 0.103. The van der Waals surface area contributed by atoms with Crippen LogP contribution in [0.2, 0.25) is 5.02 Å². The molecule has 2 aromatic rings. The first-order valence-electron chi connectivity index (χ1n) is 6.00. The monoisotopic (exact) mass is 294 g/mol. The van der Waals surface area contributed by atoms with Crippen molar-refractivity contribution in [1.82, 2.24) is 0 Å². The van der Waals surface area contributed by atoms with Crippen LogP contribution >= 0.6 is 11.6 Å². The van der Waals surface area contributed by atoms with E-state index in [1.165, 1.54) is 6.07 Å². The van der Waals surface area contributed by atoms with E-state index >= 15 is 0 Å². The molecule has 0 amide bonds. The highest BCUT2D eigenvalue weighted by atomic mass is 35.5. The van der Waals surface area contributed by atoms with Crippen molar-refractivity contribution in [3.63, 3.8) is 0 Å². The molecule has 1 aliphatic heterocycles. The number of halogens is 3. The quantitative estimate of drug-likeness (QED) is 0.788. The van der Waals surface area contributed by atoms with Crippen LogP contribution in [0.1, 0.15) is 21.5 Å². The lowest BCUT2D eigenvalue weighted by Crippen LogP contribution is -2.05. The van der Waals surface area contributed by atoms with Crippen LogP contribution in [0.4, 0.5) is 8.78 Å². The predicted octanol–water partition coefficient (Wildman–Crippen LogP) is 3.78. The van der Waals surface area contributed by atoms with Crippen molar-refractivity contribution in [2.45, 2.75) is 6.42 Å². The summed E-state index contributed by atoms with van der Waals surface area (Å²) < 4.78 is 31.8. The minimum absolute atomic E-state index is 0.0672. The minimum atomic E-state index is -0.798. The van der Waals surface area contributed by atoms with E-state index in [4.69, 9.17) is 16.3 Å². The van der Waals surface area contributed by atoms with Gasteiger partial charge in [0.2, 0.25) is 0 Å². The summed E-state index contributed by atoms with van der Waals surface area (Å²) in [6, 6.07) is 5.89. The SMILES string of the molecule is O=C(c1cc(F)cc(F)c1)c1cc(Cl)cc2c1OCC2. The summed E-state index contributed by atoms with van der Waals surface area (Å²) in [6.07, 6.45) is 0.660. The first-order chi connectivity index (χ1) is 9.54. The summed E-state index contributed by atoms with van der Waals surface area (Å²) in [5.41, 5.74) is 0.996. The van der Waals surface area contributed by atoms with E-state index in [2.05, 4.69) is 0 Å². The van der Waals surface area contributed by atoms with Gasteiger partial charge in [-0.25, -0.2) is 8.78 Å². The number of ketones is 1. The van der Waals surface area contributed by atoms with Gasteiger partial charge in [-0.05, 0) is 29.8 Å². The van der Waals surface area contributed by atoms with Crippen molar-refractivity contribution >= 4 is 17.4 Å². The molecular weight excluding hydrogens is 286 g/mol. The van der Waals surface area contributed by atoms with Gasteiger partial charge in [-0.1, -0.05) is 11.6 Å². The Balaban J connectivity index is 2.11. The van der Waals surface area contributed by atoms with E-state index in [-0.39, 0.29) is 11.1 Å². The molecule has 0 saturated carbocycles. The van der Waals surface area contributed by atoms with E-state index < -0.39 is 17.4 Å². The smallest absolute Gasteiger partial charge is 0.197 e. The number of fused-ring (bicyclic) bond motifs is 1. The molecule has 0 spiro atoms. The third-order valence-electron chi connectivity index (χ3n) is 3.12. The molecule has 2 nitrogen and oxygen atoms in total. The van der Waals surface area contributed by atoms with Gasteiger partial charge >= 0.3 is 0 Å². The van der Waals surface area contributed by atoms with Crippen molar-refractivity contribution in [2.75, 3.05) is 6.61 Å². The largest absolute Gasteiger partial charge is 0.492 e. The van der Waals surface area contributed by atoms with E-state index in [0.29, 0.717) is 23.8 Å². The van der Waals surface area contributed by atoms with Gasteiger partial charge in [-0.15, -0.1) is 0 Å². The maximum atomic E-state index is 13.2. The summed E-state index contributed by atoms with van der Waals surface area (Å²) in [5.74, 6) is -1.66. The molecule has 5 heteroatoms. The first-order valence-corrected chi connectivity index (χ1v) is 6.38. The summed E-state index contributed by atoms with van der Waals surface area (Å²) >= 11 is 5.97. The molecule has 20 heavy (non-hydrogen) atoms. The lowest BCUT2D eigenvalue weighted by Gasteiger charge is -2.08. The third-order valence-corrected chi connectivity index (χ3v) is 3.34. The van der Waals surface area contributed by atoms with Gasteiger partial charge in [0.15, 0.2) is 5.78 Å². The van der Waals surface area contributed by atoms with Crippen molar-refractivity contribution in [3.8, 4) is 5.75 Å². The number of ether oxygens (including phenoxy) is 1. The molecule has 0 bridgehead atoms. The van der Waals surface area contributed by atoms with E-state index in [1.54, 1.807) is 6.07 Å². The van der Waals surface area contributed by atoms with Gasteiger partial charge in [0.05, 0.1) is 12.2 Å². The second-order valence-electron chi connectivity index (χ2n) is 4.53. The number of benzene rings is 2. The summed E-state index contributed by atoms with van der Waals surface area (Å²) in [5, 5.41) is 0.398. The van der Waals surface area contributed by atoms with Crippen LogP contribution in [0.3, 0.4) is 0 Å². The van der Waals surface area contributed by atoms with Gasteiger partial charge in [0, 0.05) is 23.1 Å². The van der Waals surface area contributed by atoms with Crippen molar-refractivity contribution < 1.29 is 18.3 Å². The van der Waals surface area contributed by atoms with Crippen molar-refractivity contribution in [2.24, 2.45) is 0 Å². The minimum Gasteiger partial charge on any atom is -0.492 e. The second-order valence-corrected chi connectivity index (χ2v) is 4.96. The highest BCUT2D eigenvalue weighted by molar-refractivity contribution is 6.31. The average molecular weight is 295 g/mol. The number of carbonyl (C=O) groups excluding carboxylic acids is 1. The molecule has 3 rings (SSSR count). The van der Waals surface area contributed by atoms with Crippen LogP contribution in [-0.4, -0.2) is 12.4 Å². The van der Waals surface area contributed by atoms with Gasteiger partial charge in [-0.3, -0.25) is 4.79 Å². The molecule has 2 aromatic carbocycles. The fourth-order valence-electron chi connectivity index (χ4n) is 2.28. The third kappa shape index (κ3) is 2.27.